The monoisotopic (exact) mass is 299 g/mol. The van der Waals surface area contributed by atoms with Gasteiger partial charge in [0.2, 0.25) is 0 Å². The Morgan fingerprint density at radius 3 is 2.67 bits per heavy atom. The van der Waals surface area contributed by atoms with Gasteiger partial charge in [0.15, 0.2) is 0 Å². The lowest BCUT2D eigenvalue weighted by Crippen LogP contribution is -2.06. The topological polar surface area (TPSA) is 50.2 Å². The van der Waals surface area contributed by atoms with Crippen molar-refractivity contribution in [2.24, 2.45) is 0 Å². The smallest absolute Gasteiger partial charge is 0.337 e. The first kappa shape index (κ1) is 12.3. The Hall–Kier alpha value is -0.750. The Morgan fingerprint density at radius 2 is 2.27 bits per heavy atom. The molecular weight excluding hydrogens is 295 g/mol. The number of aromatic nitrogens is 1. The summed E-state index contributed by atoms with van der Waals surface area (Å²) in [6, 6.07) is 0. The van der Waals surface area contributed by atoms with Crippen LogP contribution in [0.4, 0.5) is 8.78 Å². The number of rotatable bonds is 3. The highest BCUT2D eigenvalue weighted by molar-refractivity contribution is 9.10. The second kappa shape index (κ2) is 4.85. The van der Waals surface area contributed by atoms with E-state index in [0.717, 1.165) is 6.20 Å². The first-order valence-electron chi connectivity index (χ1n) is 3.73. The lowest BCUT2D eigenvalue weighted by atomic mass is 10.1. The highest BCUT2D eigenvalue weighted by atomic mass is 79.9. The van der Waals surface area contributed by atoms with E-state index < -0.39 is 18.1 Å². The number of carboxylic acids is 1. The molecular formula is C8H5BrClF2NO2. The lowest BCUT2D eigenvalue weighted by Gasteiger charge is -2.09. The van der Waals surface area contributed by atoms with Gasteiger partial charge >= 0.3 is 5.97 Å². The van der Waals surface area contributed by atoms with Crippen LogP contribution in [0.3, 0.4) is 0 Å². The van der Waals surface area contributed by atoms with Crippen LogP contribution in [-0.4, -0.2) is 16.1 Å². The molecule has 0 aliphatic carbocycles. The van der Waals surface area contributed by atoms with Crippen LogP contribution in [0.15, 0.2) is 10.7 Å². The Bertz CT molecular complexity index is 400. The van der Waals surface area contributed by atoms with Crippen molar-refractivity contribution in [2.45, 2.75) is 12.3 Å². The fourth-order valence-electron chi connectivity index (χ4n) is 1.01. The molecule has 0 aromatic carbocycles. The van der Waals surface area contributed by atoms with Crippen molar-refractivity contribution in [3.63, 3.8) is 0 Å². The number of carboxylic acid groups (broad SMARTS) is 1. The van der Waals surface area contributed by atoms with Gasteiger partial charge < -0.3 is 5.11 Å². The lowest BCUT2D eigenvalue weighted by molar-refractivity contribution is 0.0694. The SMILES string of the molecule is O=C(O)c1cnc(C(F)F)c(Br)c1CCl. The van der Waals surface area contributed by atoms with E-state index in [-0.39, 0.29) is 21.5 Å². The van der Waals surface area contributed by atoms with Gasteiger partial charge in [-0.15, -0.1) is 11.6 Å². The highest BCUT2D eigenvalue weighted by Crippen LogP contribution is 2.31. The van der Waals surface area contributed by atoms with Crippen molar-refractivity contribution in [3.8, 4) is 0 Å². The van der Waals surface area contributed by atoms with Crippen LogP contribution in [0, 0.1) is 0 Å². The molecule has 0 amide bonds. The van der Waals surface area contributed by atoms with Crippen molar-refractivity contribution in [3.05, 3.63) is 27.5 Å². The zero-order chi connectivity index (χ0) is 11.6. The number of alkyl halides is 3. The van der Waals surface area contributed by atoms with Gasteiger partial charge in [0.05, 0.1) is 10.0 Å². The van der Waals surface area contributed by atoms with Gasteiger partial charge in [0.1, 0.15) is 5.69 Å². The minimum atomic E-state index is -2.77. The Kier molecular flexibility index (Phi) is 3.98. The van der Waals surface area contributed by atoms with Crippen molar-refractivity contribution in [1.29, 1.82) is 0 Å². The van der Waals surface area contributed by atoms with Crippen LogP contribution in [0.1, 0.15) is 28.0 Å². The molecule has 0 unspecified atom stereocenters. The van der Waals surface area contributed by atoms with E-state index >= 15 is 0 Å². The fraction of sp³-hybridized carbons (Fsp3) is 0.250. The number of hydrogen-bond donors (Lipinski definition) is 1. The summed E-state index contributed by atoms with van der Waals surface area (Å²) in [5.41, 5.74) is -0.577. The van der Waals surface area contributed by atoms with Crippen LogP contribution in [-0.2, 0) is 5.88 Å². The number of hydrogen-bond acceptors (Lipinski definition) is 2. The van der Waals surface area contributed by atoms with Gasteiger partial charge in [-0.3, -0.25) is 4.98 Å². The van der Waals surface area contributed by atoms with Crippen molar-refractivity contribution in [2.75, 3.05) is 0 Å². The van der Waals surface area contributed by atoms with Crippen LogP contribution in [0.25, 0.3) is 0 Å². The number of carbonyl (C=O) groups is 1. The molecule has 15 heavy (non-hydrogen) atoms. The van der Waals surface area contributed by atoms with E-state index in [4.69, 9.17) is 16.7 Å². The van der Waals surface area contributed by atoms with Crippen LogP contribution in [0.2, 0.25) is 0 Å². The Balaban J connectivity index is 3.39. The fourth-order valence-corrected chi connectivity index (χ4v) is 2.08. The molecule has 0 spiro atoms. The van der Waals surface area contributed by atoms with Crippen molar-refractivity contribution in [1.82, 2.24) is 4.98 Å². The second-order valence-corrected chi connectivity index (χ2v) is 3.65. The molecule has 82 valence electrons. The summed E-state index contributed by atoms with van der Waals surface area (Å²) in [7, 11) is 0. The average molecular weight is 300 g/mol. The van der Waals surface area contributed by atoms with Crippen LogP contribution < -0.4 is 0 Å². The normalized spacial score (nSPS) is 10.7. The first-order chi connectivity index (χ1) is 6.99. The molecule has 1 rings (SSSR count). The maximum Gasteiger partial charge on any atom is 0.337 e. The van der Waals surface area contributed by atoms with E-state index in [0.29, 0.717) is 0 Å². The third-order valence-corrected chi connectivity index (χ3v) is 2.87. The molecule has 0 fully saturated rings. The molecule has 1 aromatic heterocycles. The largest absolute Gasteiger partial charge is 0.478 e. The molecule has 3 nitrogen and oxygen atoms in total. The molecule has 0 aliphatic heterocycles. The number of nitrogens with zero attached hydrogens (tertiary/aromatic N) is 1. The predicted octanol–water partition coefficient (Wildman–Crippen LogP) is 3.22. The quantitative estimate of drug-likeness (QED) is 0.872. The van der Waals surface area contributed by atoms with Crippen LogP contribution in [0.5, 0.6) is 0 Å². The molecule has 0 saturated heterocycles. The molecule has 1 heterocycles. The molecule has 0 saturated carbocycles. The summed E-state index contributed by atoms with van der Waals surface area (Å²) in [5, 5.41) is 8.74. The van der Waals surface area contributed by atoms with E-state index in [2.05, 4.69) is 20.9 Å². The van der Waals surface area contributed by atoms with Crippen molar-refractivity contribution < 1.29 is 18.7 Å². The molecule has 0 bridgehead atoms. The number of pyridine rings is 1. The van der Waals surface area contributed by atoms with Crippen LogP contribution >= 0.6 is 27.5 Å². The summed E-state index contributed by atoms with van der Waals surface area (Å²) in [4.78, 5) is 14.1. The van der Waals surface area contributed by atoms with E-state index in [1.165, 1.54) is 0 Å². The standard InChI is InChI=1S/C8H5BrClF2NO2/c9-5-3(1-10)4(8(14)15)2-13-6(5)7(11)12/h2,7H,1H2,(H,14,15). The molecule has 1 aromatic rings. The van der Waals surface area contributed by atoms with Gasteiger partial charge in [0, 0.05) is 12.1 Å². The van der Waals surface area contributed by atoms with Crippen molar-refractivity contribution >= 4 is 33.5 Å². The minimum absolute atomic E-state index is 0.0487. The molecule has 0 radical (unpaired) electrons. The summed E-state index contributed by atoms with van der Waals surface area (Å²) >= 11 is 8.36. The van der Waals surface area contributed by atoms with Gasteiger partial charge in [-0.2, -0.15) is 0 Å². The zero-order valence-electron chi connectivity index (χ0n) is 7.18. The average Bonchev–Trinajstić information content (AvgIpc) is 2.16. The Labute approximate surface area is 97.2 Å². The third-order valence-electron chi connectivity index (χ3n) is 1.72. The number of halogens is 4. The zero-order valence-corrected chi connectivity index (χ0v) is 9.52. The summed E-state index contributed by atoms with van der Waals surface area (Å²) in [6.07, 6.45) is -1.89. The molecule has 1 N–H and O–H groups in total. The summed E-state index contributed by atoms with van der Waals surface area (Å²) in [6.45, 7) is 0. The summed E-state index contributed by atoms with van der Waals surface area (Å²) in [5.74, 6) is -1.43. The Morgan fingerprint density at radius 1 is 1.67 bits per heavy atom. The van der Waals surface area contributed by atoms with Gasteiger partial charge in [-0.25, -0.2) is 13.6 Å². The molecule has 0 aliphatic rings. The summed E-state index contributed by atoms with van der Waals surface area (Å²) < 4.78 is 24.7. The van der Waals surface area contributed by atoms with E-state index in [1.54, 1.807) is 0 Å². The first-order valence-corrected chi connectivity index (χ1v) is 5.06. The maximum atomic E-state index is 12.4. The number of aromatic carboxylic acids is 1. The highest BCUT2D eigenvalue weighted by Gasteiger charge is 2.21. The third kappa shape index (κ3) is 2.43. The second-order valence-electron chi connectivity index (χ2n) is 2.59. The predicted molar refractivity (Wildman–Crippen MR) is 53.4 cm³/mol. The van der Waals surface area contributed by atoms with Gasteiger partial charge in [-0.05, 0) is 21.5 Å². The molecule has 0 atom stereocenters. The van der Waals surface area contributed by atoms with Gasteiger partial charge in [-0.1, -0.05) is 0 Å². The maximum absolute atomic E-state index is 12.4. The minimum Gasteiger partial charge on any atom is -0.478 e. The van der Waals surface area contributed by atoms with E-state index in [9.17, 15) is 13.6 Å². The van der Waals surface area contributed by atoms with E-state index in [1.807, 2.05) is 0 Å². The molecule has 7 heteroatoms. The van der Waals surface area contributed by atoms with Gasteiger partial charge in [0.25, 0.3) is 6.43 Å².